The summed E-state index contributed by atoms with van der Waals surface area (Å²) in [6.07, 6.45) is 1.99. The van der Waals surface area contributed by atoms with E-state index in [0.717, 1.165) is 6.42 Å². The van der Waals surface area contributed by atoms with E-state index in [-0.39, 0.29) is 11.3 Å². The summed E-state index contributed by atoms with van der Waals surface area (Å²) in [5, 5.41) is 0. The highest BCUT2D eigenvalue weighted by Crippen LogP contribution is 2.25. The number of carbonyl (C=O) groups is 2. The molecule has 1 aliphatic heterocycles. The van der Waals surface area contributed by atoms with Crippen molar-refractivity contribution < 1.29 is 28.2 Å². The molecule has 0 aliphatic carbocycles. The number of ether oxygens (including phenoxy) is 3. The number of rotatable bonds is 4. The highest BCUT2D eigenvalue weighted by Gasteiger charge is 2.38. The molecule has 1 aliphatic rings. The predicted molar refractivity (Wildman–Crippen MR) is 76.4 cm³/mol. The summed E-state index contributed by atoms with van der Waals surface area (Å²) >= 11 is 0. The van der Waals surface area contributed by atoms with Gasteiger partial charge >= 0.3 is 11.9 Å². The fraction of sp³-hybridized carbons (Fsp3) is 0.375. The molecule has 118 valence electrons. The Balaban J connectivity index is 2.24. The van der Waals surface area contributed by atoms with Crippen LogP contribution in [0, 0.1) is 5.82 Å². The Morgan fingerprint density at radius 3 is 2.41 bits per heavy atom. The minimum absolute atomic E-state index is 0.124. The van der Waals surface area contributed by atoms with Crippen LogP contribution in [0.1, 0.15) is 32.8 Å². The predicted octanol–water partition coefficient (Wildman–Crippen LogP) is 2.83. The Morgan fingerprint density at radius 2 is 1.86 bits per heavy atom. The van der Waals surface area contributed by atoms with Gasteiger partial charge in [0.1, 0.15) is 5.57 Å². The van der Waals surface area contributed by atoms with Crippen LogP contribution in [-0.2, 0) is 19.1 Å². The molecular formula is C16H17FO5. The second-order valence-corrected chi connectivity index (χ2v) is 5.28. The third-order valence-electron chi connectivity index (χ3n) is 2.85. The average molecular weight is 308 g/mol. The molecule has 0 N–H and O–H groups in total. The fourth-order valence-corrected chi connectivity index (χ4v) is 1.88. The molecule has 2 rings (SSSR count). The number of halogens is 1. The highest BCUT2D eigenvalue weighted by molar-refractivity contribution is 6.18. The summed E-state index contributed by atoms with van der Waals surface area (Å²) in [5.74, 6) is -3.34. The van der Waals surface area contributed by atoms with Crippen LogP contribution in [0.3, 0.4) is 0 Å². The van der Waals surface area contributed by atoms with Gasteiger partial charge in [-0.25, -0.2) is 14.0 Å². The largest absolute Gasteiger partial charge is 0.491 e. The summed E-state index contributed by atoms with van der Waals surface area (Å²) in [5.41, 5.74) is 0.0610. The first kappa shape index (κ1) is 16.0. The quantitative estimate of drug-likeness (QED) is 0.486. The lowest BCUT2D eigenvalue weighted by molar-refractivity contribution is -0.222. The van der Waals surface area contributed by atoms with Crippen LogP contribution in [0.15, 0.2) is 23.8 Å². The highest BCUT2D eigenvalue weighted by atomic mass is 19.1. The third-order valence-corrected chi connectivity index (χ3v) is 2.85. The van der Waals surface area contributed by atoms with E-state index in [2.05, 4.69) is 0 Å². The molecule has 0 bridgehead atoms. The zero-order valence-electron chi connectivity index (χ0n) is 12.6. The number of hydrogen-bond donors (Lipinski definition) is 0. The molecule has 1 heterocycles. The van der Waals surface area contributed by atoms with Gasteiger partial charge in [-0.1, -0.05) is 13.0 Å². The van der Waals surface area contributed by atoms with Crippen LogP contribution in [-0.4, -0.2) is 24.3 Å². The Bertz CT molecular complexity index is 611. The van der Waals surface area contributed by atoms with E-state index < -0.39 is 23.5 Å². The van der Waals surface area contributed by atoms with Gasteiger partial charge in [0.25, 0.3) is 5.79 Å². The van der Waals surface area contributed by atoms with Crippen molar-refractivity contribution in [2.75, 3.05) is 6.61 Å². The van der Waals surface area contributed by atoms with Crippen LogP contribution < -0.4 is 4.74 Å². The van der Waals surface area contributed by atoms with Gasteiger partial charge in [0.15, 0.2) is 11.6 Å². The van der Waals surface area contributed by atoms with Crippen LogP contribution in [0.5, 0.6) is 5.75 Å². The van der Waals surface area contributed by atoms with Crippen molar-refractivity contribution in [3.63, 3.8) is 0 Å². The van der Waals surface area contributed by atoms with E-state index in [0.29, 0.717) is 12.2 Å². The number of carbonyl (C=O) groups excluding carboxylic acids is 2. The van der Waals surface area contributed by atoms with Crippen LogP contribution >= 0.6 is 0 Å². The van der Waals surface area contributed by atoms with Gasteiger partial charge in [0.2, 0.25) is 0 Å². The van der Waals surface area contributed by atoms with E-state index in [1.54, 1.807) is 6.07 Å². The second-order valence-electron chi connectivity index (χ2n) is 5.28. The second kappa shape index (κ2) is 6.17. The molecule has 0 radical (unpaired) electrons. The lowest BCUT2D eigenvalue weighted by Gasteiger charge is -2.29. The van der Waals surface area contributed by atoms with Gasteiger partial charge in [-0.3, -0.25) is 0 Å². The molecule has 1 aromatic rings. The molecule has 1 aromatic carbocycles. The van der Waals surface area contributed by atoms with Crippen LogP contribution in [0.25, 0.3) is 6.08 Å². The SMILES string of the molecule is CCCOc1ccc(C=C2C(=O)OC(C)(C)OC2=O)cc1F. The van der Waals surface area contributed by atoms with E-state index in [9.17, 15) is 14.0 Å². The van der Waals surface area contributed by atoms with Crippen molar-refractivity contribution in [1.29, 1.82) is 0 Å². The number of benzene rings is 1. The minimum atomic E-state index is -1.30. The van der Waals surface area contributed by atoms with Gasteiger partial charge in [-0.05, 0) is 30.2 Å². The van der Waals surface area contributed by atoms with Crippen molar-refractivity contribution in [3.8, 4) is 5.75 Å². The molecule has 0 aromatic heterocycles. The summed E-state index contributed by atoms with van der Waals surface area (Å²) in [7, 11) is 0. The number of esters is 2. The standard InChI is InChI=1S/C16H17FO5/c1-4-7-20-13-6-5-10(9-12(13)17)8-11-14(18)21-16(2,3)22-15(11)19/h5-6,8-9H,4,7H2,1-3H3. The monoisotopic (exact) mass is 308 g/mol. The van der Waals surface area contributed by atoms with Crippen molar-refractivity contribution in [2.45, 2.75) is 33.0 Å². The maximum absolute atomic E-state index is 13.9. The summed E-state index contributed by atoms with van der Waals surface area (Å²) in [6.45, 7) is 5.24. The van der Waals surface area contributed by atoms with Crippen molar-refractivity contribution in [2.24, 2.45) is 0 Å². The lowest BCUT2D eigenvalue weighted by Crippen LogP contribution is -2.41. The maximum atomic E-state index is 13.9. The van der Waals surface area contributed by atoms with E-state index in [1.165, 1.54) is 32.1 Å². The van der Waals surface area contributed by atoms with E-state index >= 15 is 0 Å². The van der Waals surface area contributed by atoms with Crippen molar-refractivity contribution >= 4 is 18.0 Å². The van der Waals surface area contributed by atoms with Gasteiger partial charge < -0.3 is 14.2 Å². The summed E-state index contributed by atoms with van der Waals surface area (Å²) in [6, 6.07) is 4.17. The smallest absolute Gasteiger partial charge is 0.348 e. The van der Waals surface area contributed by atoms with Gasteiger partial charge in [-0.15, -0.1) is 0 Å². The maximum Gasteiger partial charge on any atom is 0.348 e. The van der Waals surface area contributed by atoms with E-state index in [1.807, 2.05) is 6.92 Å². The number of cyclic esters (lactones) is 2. The van der Waals surface area contributed by atoms with Crippen molar-refractivity contribution in [3.05, 3.63) is 35.2 Å². The summed E-state index contributed by atoms with van der Waals surface area (Å²) in [4.78, 5) is 23.6. The van der Waals surface area contributed by atoms with Crippen molar-refractivity contribution in [1.82, 2.24) is 0 Å². The first-order valence-corrected chi connectivity index (χ1v) is 6.93. The van der Waals surface area contributed by atoms with Gasteiger partial charge in [0.05, 0.1) is 6.61 Å². The van der Waals surface area contributed by atoms with E-state index in [4.69, 9.17) is 14.2 Å². The molecule has 6 heteroatoms. The minimum Gasteiger partial charge on any atom is -0.491 e. The normalized spacial score (nSPS) is 16.8. The third kappa shape index (κ3) is 3.63. The first-order valence-electron chi connectivity index (χ1n) is 6.93. The molecule has 0 unspecified atom stereocenters. The Morgan fingerprint density at radius 1 is 1.23 bits per heavy atom. The fourth-order valence-electron chi connectivity index (χ4n) is 1.88. The molecule has 1 fully saturated rings. The average Bonchev–Trinajstić information content (AvgIpc) is 2.41. The Kier molecular flexibility index (Phi) is 4.49. The zero-order chi connectivity index (χ0) is 16.3. The van der Waals surface area contributed by atoms with Crippen LogP contribution in [0.2, 0.25) is 0 Å². The van der Waals surface area contributed by atoms with Gasteiger partial charge in [-0.2, -0.15) is 0 Å². The Labute approximate surface area is 127 Å². The summed E-state index contributed by atoms with van der Waals surface area (Å²) < 4.78 is 29.0. The lowest BCUT2D eigenvalue weighted by atomic mass is 10.1. The molecule has 0 spiro atoms. The molecule has 0 atom stereocenters. The molecule has 1 saturated heterocycles. The molecule has 22 heavy (non-hydrogen) atoms. The number of hydrogen-bond acceptors (Lipinski definition) is 5. The van der Waals surface area contributed by atoms with Gasteiger partial charge in [0, 0.05) is 13.8 Å². The zero-order valence-corrected chi connectivity index (χ0v) is 12.6. The molecule has 0 saturated carbocycles. The topological polar surface area (TPSA) is 61.8 Å². The molecule has 5 nitrogen and oxygen atoms in total. The molecule has 0 amide bonds. The van der Waals surface area contributed by atoms with Crippen LogP contribution in [0.4, 0.5) is 4.39 Å². The molecular weight excluding hydrogens is 291 g/mol. The Hall–Kier alpha value is -2.37. The first-order chi connectivity index (χ1) is 10.3.